The van der Waals surface area contributed by atoms with E-state index < -0.39 is 0 Å². The van der Waals surface area contributed by atoms with Crippen LogP contribution in [0.25, 0.3) is 11.1 Å². The fraction of sp³-hybridized carbons (Fsp3) is 0.524. The Morgan fingerprint density at radius 1 is 1.23 bits per heavy atom. The van der Waals surface area contributed by atoms with Gasteiger partial charge in [0, 0.05) is 49.5 Å². The van der Waals surface area contributed by atoms with Crippen LogP contribution in [-0.4, -0.2) is 47.2 Å². The van der Waals surface area contributed by atoms with E-state index in [4.69, 9.17) is 0 Å². The number of benzene rings is 1. The van der Waals surface area contributed by atoms with E-state index in [1.807, 2.05) is 26.2 Å². The fourth-order valence-electron chi connectivity index (χ4n) is 4.26. The van der Waals surface area contributed by atoms with Crippen molar-refractivity contribution < 1.29 is 4.79 Å². The van der Waals surface area contributed by atoms with Crippen LogP contribution in [0.15, 0.2) is 30.6 Å². The summed E-state index contributed by atoms with van der Waals surface area (Å²) in [5.74, 6) is 1.11. The first-order chi connectivity index (χ1) is 12.6. The number of piperidine rings is 1. The molecule has 1 fully saturated rings. The van der Waals surface area contributed by atoms with Gasteiger partial charge in [-0.25, -0.2) is 0 Å². The van der Waals surface area contributed by atoms with Crippen molar-refractivity contribution in [2.75, 3.05) is 31.1 Å². The zero-order chi connectivity index (χ0) is 18.1. The second kappa shape index (κ2) is 7.14. The molecule has 1 aromatic carbocycles. The molecule has 5 heteroatoms. The number of rotatable bonds is 4. The zero-order valence-corrected chi connectivity index (χ0v) is 15.7. The number of carbonyl (C=O) groups excluding carboxylic acids is 1. The molecular formula is C21H28N4O. The number of carbonyl (C=O) groups is 1. The third kappa shape index (κ3) is 3.35. The van der Waals surface area contributed by atoms with Crippen LogP contribution < -0.4 is 4.90 Å². The average molecular weight is 352 g/mol. The van der Waals surface area contributed by atoms with E-state index in [-0.39, 0.29) is 5.92 Å². The summed E-state index contributed by atoms with van der Waals surface area (Å²) in [5, 5.41) is 6.94. The summed E-state index contributed by atoms with van der Waals surface area (Å²) in [6, 6.07) is 6.78. The first kappa shape index (κ1) is 17.1. The lowest BCUT2D eigenvalue weighted by molar-refractivity contribution is -0.135. The molecule has 0 spiro atoms. The summed E-state index contributed by atoms with van der Waals surface area (Å²) in [6.45, 7) is 8.04. The molecule has 0 bridgehead atoms. The van der Waals surface area contributed by atoms with Gasteiger partial charge in [-0.2, -0.15) is 5.10 Å². The number of anilines is 1. The standard InChI is InChI=1S/C21H28N4O/c1-15(2)21(26)24-8-5-16(6-9-24)14-25-10-7-18-11-17(3-4-20(18)25)19-12-22-23-13-19/h3-4,11-13,15-16H,5-10,14H2,1-2H3,(H,22,23). The van der Waals surface area contributed by atoms with E-state index in [0.29, 0.717) is 11.8 Å². The summed E-state index contributed by atoms with van der Waals surface area (Å²) in [6.07, 6.45) is 7.18. The molecule has 2 aliphatic heterocycles. The number of aromatic amines is 1. The van der Waals surface area contributed by atoms with Crippen molar-refractivity contribution in [2.24, 2.45) is 11.8 Å². The average Bonchev–Trinajstić information content (AvgIpc) is 3.32. The van der Waals surface area contributed by atoms with Gasteiger partial charge < -0.3 is 9.80 Å². The van der Waals surface area contributed by atoms with E-state index in [0.717, 1.165) is 51.0 Å². The number of hydrogen-bond acceptors (Lipinski definition) is 3. The Morgan fingerprint density at radius 2 is 2.04 bits per heavy atom. The molecule has 4 rings (SSSR count). The summed E-state index contributed by atoms with van der Waals surface area (Å²) in [7, 11) is 0. The maximum absolute atomic E-state index is 12.2. The highest BCUT2D eigenvalue weighted by molar-refractivity contribution is 5.78. The van der Waals surface area contributed by atoms with E-state index in [1.165, 1.54) is 16.8 Å². The number of H-pyrrole nitrogens is 1. The maximum Gasteiger partial charge on any atom is 0.225 e. The third-order valence-electron chi connectivity index (χ3n) is 5.80. The van der Waals surface area contributed by atoms with Gasteiger partial charge in [-0.15, -0.1) is 0 Å². The van der Waals surface area contributed by atoms with Crippen LogP contribution in [0, 0.1) is 11.8 Å². The normalized spacial score (nSPS) is 17.8. The summed E-state index contributed by atoms with van der Waals surface area (Å²) < 4.78 is 0. The first-order valence-electron chi connectivity index (χ1n) is 9.77. The van der Waals surface area contributed by atoms with Crippen LogP contribution in [0.1, 0.15) is 32.3 Å². The Kier molecular flexibility index (Phi) is 4.70. The van der Waals surface area contributed by atoms with Crippen molar-refractivity contribution in [3.05, 3.63) is 36.2 Å². The Hall–Kier alpha value is -2.30. The first-order valence-corrected chi connectivity index (χ1v) is 9.77. The van der Waals surface area contributed by atoms with Gasteiger partial charge in [0.05, 0.1) is 6.20 Å². The minimum Gasteiger partial charge on any atom is -0.371 e. The van der Waals surface area contributed by atoms with Gasteiger partial charge in [-0.1, -0.05) is 19.9 Å². The minimum absolute atomic E-state index is 0.112. The predicted molar refractivity (Wildman–Crippen MR) is 104 cm³/mol. The third-order valence-corrected chi connectivity index (χ3v) is 5.80. The van der Waals surface area contributed by atoms with Gasteiger partial charge in [-0.3, -0.25) is 9.89 Å². The molecule has 138 valence electrons. The van der Waals surface area contributed by atoms with Gasteiger partial charge in [-0.05, 0) is 48.4 Å². The number of aromatic nitrogens is 2. The Balaban J connectivity index is 1.38. The molecule has 2 aliphatic rings. The number of amides is 1. The molecule has 0 aliphatic carbocycles. The Bertz CT molecular complexity index is 760. The molecule has 26 heavy (non-hydrogen) atoms. The monoisotopic (exact) mass is 352 g/mol. The van der Waals surface area contributed by atoms with Crippen molar-refractivity contribution in [3.63, 3.8) is 0 Å². The second-order valence-corrected chi connectivity index (χ2v) is 7.95. The molecule has 5 nitrogen and oxygen atoms in total. The zero-order valence-electron chi connectivity index (χ0n) is 15.7. The van der Waals surface area contributed by atoms with Crippen molar-refractivity contribution in [2.45, 2.75) is 33.1 Å². The van der Waals surface area contributed by atoms with E-state index in [2.05, 4.69) is 38.2 Å². The van der Waals surface area contributed by atoms with Crippen LogP contribution in [0.3, 0.4) is 0 Å². The van der Waals surface area contributed by atoms with Crippen LogP contribution in [0.2, 0.25) is 0 Å². The highest BCUT2D eigenvalue weighted by Gasteiger charge is 2.27. The van der Waals surface area contributed by atoms with Crippen molar-refractivity contribution in [1.82, 2.24) is 15.1 Å². The summed E-state index contributed by atoms with van der Waals surface area (Å²) >= 11 is 0. The van der Waals surface area contributed by atoms with E-state index in [9.17, 15) is 4.79 Å². The smallest absolute Gasteiger partial charge is 0.225 e. The van der Waals surface area contributed by atoms with E-state index in [1.54, 1.807) is 0 Å². The van der Waals surface area contributed by atoms with Crippen molar-refractivity contribution in [3.8, 4) is 11.1 Å². The largest absolute Gasteiger partial charge is 0.371 e. The number of nitrogens with one attached hydrogen (secondary N) is 1. The van der Waals surface area contributed by atoms with Gasteiger partial charge in [0.25, 0.3) is 0 Å². The molecule has 2 aromatic rings. The molecule has 1 aromatic heterocycles. The van der Waals surface area contributed by atoms with E-state index >= 15 is 0 Å². The second-order valence-electron chi connectivity index (χ2n) is 7.95. The summed E-state index contributed by atoms with van der Waals surface area (Å²) in [5.41, 5.74) is 5.21. The molecular weight excluding hydrogens is 324 g/mol. The quantitative estimate of drug-likeness (QED) is 0.918. The molecule has 1 saturated heterocycles. The molecule has 0 saturated carbocycles. The molecule has 3 heterocycles. The van der Waals surface area contributed by atoms with Crippen LogP contribution >= 0.6 is 0 Å². The molecule has 1 amide bonds. The summed E-state index contributed by atoms with van der Waals surface area (Å²) in [4.78, 5) is 16.7. The lowest BCUT2D eigenvalue weighted by Gasteiger charge is -2.35. The minimum atomic E-state index is 0.112. The number of nitrogens with zero attached hydrogens (tertiary/aromatic N) is 3. The highest BCUT2D eigenvalue weighted by Crippen LogP contribution is 2.33. The van der Waals surface area contributed by atoms with Gasteiger partial charge in [0.1, 0.15) is 0 Å². The van der Waals surface area contributed by atoms with Crippen LogP contribution in [-0.2, 0) is 11.2 Å². The van der Waals surface area contributed by atoms with Crippen molar-refractivity contribution in [1.29, 1.82) is 0 Å². The Morgan fingerprint density at radius 3 is 2.73 bits per heavy atom. The van der Waals surface area contributed by atoms with Gasteiger partial charge >= 0.3 is 0 Å². The fourth-order valence-corrected chi connectivity index (χ4v) is 4.26. The number of likely N-dealkylation sites (tertiary alicyclic amines) is 1. The SMILES string of the molecule is CC(C)C(=O)N1CCC(CN2CCc3cc(-c4cn[nH]c4)ccc32)CC1. The van der Waals surface area contributed by atoms with Gasteiger partial charge in [0.15, 0.2) is 0 Å². The molecule has 0 unspecified atom stereocenters. The highest BCUT2D eigenvalue weighted by atomic mass is 16.2. The molecule has 1 N–H and O–H groups in total. The van der Waals surface area contributed by atoms with Gasteiger partial charge in [0.2, 0.25) is 5.91 Å². The topological polar surface area (TPSA) is 52.2 Å². The van der Waals surface area contributed by atoms with Crippen LogP contribution in [0.4, 0.5) is 5.69 Å². The molecule has 0 atom stereocenters. The number of hydrogen-bond donors (Lipinski definition) is 1. The predicted octanol–water partition coefficient (Wildman–Crippen LogP) is 3.33. The number of fused-ring (bicyclic) bond motifs is 1. The lowest BCUT2D eigenvalue weighted by atomic mass is 9.95. The Labute approximate surface area is 155 Å². The maximum atomic E-state index is 12.2. The van der Waals surface area contributed by atoms with Crippen LogP contribution in [0.5, 0.6) is 0 Å². The van der Waals surface area contributed by atoms with Crippen molar-refractivity contribution >= 4 is 11.6 Å². The molecule has 0 radical (unpaired) electrons. The lowest BCUT2D eigenvalue weighted by Crippen LogP contribution is -2.43.